The molecule has 1 amide bonds. The number of aromatic hydroxyl groups is 1. The predicted molar refractivity (Wildman–Crippen MR) is 108 cm³/mol. The minimum absolute atomic E-state index is 0.0388. The molecule has 4 rings (SSSR count). The Morgan fingerprint density at radius 2 is 1.87 bits per heavy atom. The van der Waals surface area contributed by atoms with Crippen LogP contribution < -0.4 is 5.32 Å². The zero-order valence-electron chi connectivity index (χ0n) is 15.3. The summed E-state index contributed by atoms with van der Waals surface area (Å²) in [6.45, 7) is 0. The highest BCUT2D eigenvalue weighted by Crippen LogP contribution is 2.39. The van der Waals surface area contributed by atoms with Crippen molar-refractivity contribution in [2.75, 3.05) is 5.32 Å². The van der Waals surface area contributed by atoms with E-state index in [9.17, 15) is 23.1 Å². The molecule has 0 saturated heterocycles. The molecular formula is C21H14F3N3O2S. The van der Waals surface area contributed by atoms with Gasteiger partial charge < -0.3 is 5.11 Å². The number of pyridine rings is 1. The number of anilines is 1. The third-order valence-corrected chi connectivity index (χ3v) is 5.15. The van der Waals surface area contributed by atoms with Crippen LogP contribution in [-0.2, 0) is 12.6 Å². The molecule has 2 heterocycles. The van der Waals surface area contributed by atoms with Crippen molar-refractivity contribution in [3.63, 3.8) is 0 Å². The number of alkyl halides is 3. The highest BCUT2D eigenvalue weighted by molar-refractivity contribution is 7.13. The zero-order chi connectivity index (χ0) is 21.3. The Morgan fingerprint density at radius 3 is 2.53 bits per heavy atom. The topological polar surface area (TPSA) is 75.1 Å². The second kappa shape index (κ2) is 7.75. The smallest absolute Gasteiger partial charge is 0.418 e. The molecule has 0 unspecified atom stereocenters. The number of hydrogen-bond acceptors (Lipinski definition) is 5. The number of thiazole rings is 1. The van der Waals surface area contributed by atoms with E-state index >= 15 is 0 Å². The van der Waals surface area contributed by atoms with Crippen molar-refractivity contribution in [2.24, 2.45) is 0 Å². The van der Waals surface area contributed by atoms with Gasteiger partial charge in [0.25, 0.3) is 5.91 Å². The largest absolute Gasteiger partial charge is 0.506 e. The molecule has 2 aromatic heterocycles. The maximum Gasteiger partial charge on any atom is 0.418 e. The second-order valence-electron chi connectivity index (χ2n) is 6.44. The Labute approximate surface area is 172 Å². The predicted octanol–water partition coefficient (Wildman–Crippen LogP) is 5.26. The van der Waals surface area contributed by atoms with Gasteiger partial charge in [-0.1, -0.05) is 36.4 Å². The lowest BCUT2D eigenvalue weighted by Gasteiger charge is -2.16. The first-order chi connectivity index (χ1) is 14.3. The highest BCUT2D eigenvalue weighted by atomic mass is 32.1. The molecule has 30 heavy (non-hydrogen) atoms. The van der Waals surface area contributed by atoms with Gasteiger partial charge in [-0.3, -0.25) is 15.1 Å². The molecule has 9 heteroatoms. The van der Waals surface area contributed by atoms with Gasteiger partial charge in [-0.2, -0.15) is 13.2 Å². The van der Waals surface area contributed by atoms with Gasteiger partial charge >= 0.3 is 6.18 Å². The van der Waals surface area contributed by atoms with E-state index in [1.807, 2.05) is 0 Å². The Kier molecular flexibility index (Phi) is 5.13. The summed E-state index contributed by atoms with van der Waals surface area (Å²) in [4.78, 5) is 21.1. The van der Waals surface area contributed by atoms with Gasteiger partial charge in [0.15, 0.2) is 5.13 Å². The van der Waals surface area contributed by atoms with Gasteiger partial charge in [0.05, 0.1) is 16.8 Å². The van der Waals surface area contributed by atoms with Crippen molar-refractivity contribution >= 4 is 33.3 Å². The number of amides is 1. The molecule has 2 aromatic carbocycles. The number of carbonyl (C=O) groups is 1. The SMILES string of the molecule is O=C(Nc1nccs1)c1c(Cc2ccccc2)nc2c(C(F)(F)F)cccc2c1O. The van der Waals surface area contributed by atoms with Gasteiger partial charge in [-0.05, 0) is 17.7 Å². The summed E-state index contributed by atoms with van der Waals surface area (Å²) in [5.74, 6) is -1.24. The van der Waals surface area contributed by atoms with Gasteiger partial charge in [0.1, 0.15) is 11.3 Å². The monoisotopic (exact) mass is 429 g/mol. The van der Waals surface area contributed by atoms with Crippen molar-refractivity contribution in [1.82, 2.24) is 9.97 Å². The van der Waals surface area contributed by atoms with E-state index in [0.717, 1.165) is 11.6 Å². The molecule has 0 aliphatic carbocycles. The molecule has 0 spiro atoms. The summed E-state index contributed by atoms with van der Waals surface area (Å²) in [5, 5.41) is 15.2. The Hall–Kier alpha value is -3.46. The lowest BCUT2D eigenvalue weighted by molar-refractivity contribution is -0.136. The minimum atomic E-state index is -4.66. The van der Waals surface area contributed by atoms with Crippen LogP contribution in [0.3, 0.4) is 0 Å². The van der Waals surface area contributed by atoms with Gasteiger partial charge in [-0.25, -0.2) is 4.98 Å². The molecule has 2 N–H and O–H groups in total. The fourth-order valence-corrected chi connectivity index (χ4v) is 3.67. The first-order valence-electron chi connectivity index (χ1n) is 8.81. The zero-order valence-corrected chi connectivity index (χ0v) is 16.1. The van der Waals surface area contributed by atoms with Crippen molar-refractivity contribution in [3.05, 3.63) is 82.5 Å². The van der Waals surface area contributed by atoms with E-state index in [2.05, 4.69) is 15.3 Å². The molecular weight excluding hydrogens is 415 g/mol. The molecule has 0 bridgehead atoms. The van der Waals surface area contributed by atoms with Gasteiger partial charge in [0, 0.05) is 23.4 Å². The van der Waals surface area contributed by atoms with Crippen molar-refractivity contribution < 1.29 is 23.1 Å². The van der Waals surface area contributed by atoms with E-state index in [1.165, 1.54) is 29.7 Å². The minimum Gasteiger partial charge on any atom is -0.506 e. The fourth-order valence-electron chi connectivity index (χ4n) is 3.15. The maximum atomic E-state index is 13.5. The molecule has 0 atom stereocenters. The number of benzene rings is 2. The number of nitrogens with one attached hydrogen (secondary N) is 1. The normalized spacial score (nSPS) is 11.6. The summed E-state index contributed by atoms with van der Waals surface area (Å²) >= 11 is 1.18. The second-order valence-corrected chi connectivity index (χ2v) is 7.33. The van der Waals surface area contributed by atoms with Gasteiger partial charge in [-0.15, -0.1) is 11.3 Å². The first-order valence-corrected chi connectivity index (χ1v) is 9.69. The van der Waals surface area contributed by atoms with E-state index in [1.54, 1.807) is 35.7 Å². The van der Waals surface area contributed by atoms with E-state index < -0.39 is 28.9 Å². The number of rotatable bonds is 4. The van der Waals surface area contributed by atoms with Crippen LogP contribution in [0.2, 0.25) is 0 Å². The van der Waals surface area contributed by atoms with E-state index in [-0.39, 0.29) is 23.1 Å². The molecule has 0 aliphatic rings. The Bertz CT molecular complexity index is 1210. The van der Waals surface area contributed by atoms with E-state index in [0.29, 0.717) is 5.13 Å². The molecule has 4 aromatic rings. The molecule has 0 saturated carbocycles. The van der Waals surface area contributed by atoms with Crippen LogP contribution >= 0.6 is 11.3 Å². The number of halogens is 3. The van der Waals surface area contributed by atoms with Gasteiger partial charge in [0.2, 0.25) is 0 Å². The first kappa shape index (κ1) is 19.8. The summed E-state index contributed by atoms with van der Waals surface area (Å²) in [5.41, 5.74) is -0.787. The van der Waals surface area contributed by atoms with Crippen LogP contribution in [0.4, 0.5) is 18.3 Å². The number of fused-ring (bicyclic) bond motifs is 1. The quantitative estimate of drug-likeness (QED) is 0.464. The van der Waals surface area contributed by atoms with Crippen molar-refractivity contribution in [1.29, 1.82) is 0 Å². The number of nitrogens with zero attached hydrogens (tertiary/aromatic N) is 2. The lowest BCUT2D eigenvalue weighted by atomic mass is 9.99. The number of para-hydroxylation sites is 1. The van der Waals surface area contributed by atoms with Crippen molar-refractivity contribution in [3.8, 4) is 5.75 Å². The summed E-state index contributed by atoms with van der Waals surface area (Å²) < 4.78 is 40.5. The van der Waals surface area contributed by atoms with Crippen LogP contribution in [-0.4, -0.2) is 21.0 Å². The molecule has 5 nitrogen and oxygen atoms in total. The number of carbonyl (C=O) groups excluding carboxylic acids is 1. The third kappa shape index (κ3) is 3.84. The van der Waals surface area contributed by atoms with Crippen molar-refractivity contribution in [2.45, 2.75) is 12.6 Å². The summed E-state index contributed by atoms with van der Waals surface area (Å²) in [7, 11) is 0. The van der Waals surface area contributed by atoms with Crippen LogP contribution in [0.25, 0.3) is 10.9 Å². The van der Waals surface area contributed by atoms with E-state index in [4.69, 9.17) is 0 Å². The fraction of sp³-hybridized carbons (Fsp3) is 0.0952. The Morgan fingerprint density at radius 1 is 1.10 bits per heavy atom. The Balaban J connectivity index is 1.92. The summed E-state index contributed by atoms with van der Waals surface area (Å²) in [6.07, 6.45) is -3.09. The lowest BCUT2D eigenvalue weighted by Crippen LogP contribution is -2.17. The third-order valence-electron chi connectivity index (χ3n) is 4.46. The number of aromatic nitrogens is 2. The van der Waals surface area contributed by atoms with Crippen LogP contribution in [0, 0.1) is 0 Å². The summed E-state index contributed by atoms with van der Waals surface area (Å²) in [6, 6.07) is 12.2. The van der Waals surface area contributed by atoms with Crippen LogP contribution in [0.15, 0.2) is 60.1 Å². The standard InChI is InChI=1S/C21H14F3N3O2S/c22-21(23,24)14-8-4-7-13-17(14)26-15(11-12-5-2-1-3-6-12)16(18(13)28)19(29)27-20-25-9-10-30-20/h1-10H,11H2,(H,26,28)(H,25,27,29). The van der Waals surface area contributed by atoms with Crippen LogP contribution in [0.1, 0.15) is 27.2 Å². The maximum absolute atomic E-state index is 13.5. The van der Waals surface area contributed by atoms with Crippen LogP contribution in [0.5, 0.6) is 5.75 Å². The highest BCUT2D eigenvalue weighted by Gasteiger charge is 2.34. The molecule has 0 fully saturated rings. The average Bonchev–Trinajstić information content (AvgIpc) is 3.20. The average molecular weight is 429 g/mol. The molecule has 0 aliphatic heterocycles. The molecule has 0 radical (unpaired) electrons. The number of hydrogen-bond donors (Lipinski definition) is 2. The molecule has 152 valence electrons.